The smallest absolute Gasteiger partial charge is 0.242 e. The highest BCUT2D eigenvalue weighted by Gasteiger charge is 2.17. The first kappa shape index (κ1) is 19.3. The summed E-state index contributed by atoms with van der Waals surface area (Å²) < 4.78 is 27.5. The molecule has 0 aliphatic rings. The highest BCUT2D eigenvalue weighted by molar-refractivity contribution is 7.89. The summed E-state index contributed by atoms with van der Waals surface area (Å²) in [6.45, 7) is 2.79. The van der Waals surface area contributed by atoms with Crippen LogP contribution in [0.5, 0.6) is 0 Å². The van der Waals surface area contributed by atoms with Crippen molar-refractivity contribution in [3.63, 3.8) is 0 Å². The molecule has 1 aromatic heterocycles. The van der Waals surface area contributed by atoms with Crippen LogP contribution in [0.25, 0.3) is 5.69 Å². The molecule has 2 aromatic carbocycles. The van der Waals surface area contributed by atoms with Crippen molar-refractivity contribution in [3.8, 4) is 5.69 Å². The van der Waals surface area contributed by atoms with Crippen LogP contribution >= 0.6 is 0 Å². The van der Waals surface area contributed by atoms with Gasteiger partial charge in [-0.2, -0.15) is 0 Å². The Morgan fingerprint density at radius 1 is 1.07 bits per heavy atom. The fourth-order valence-electron chi connectivity index (χ4n) is 2.73. The summed E-state index contributed by atoms with van der Waals surface area (Å²) in [7, 11) is -0.324. The first-order valence-corrected chi connectivity index (χ1v) is 10.1. The molecule has 0 bridgehead atoms. The Kier molecular flexibility index (Phi) is 5.74. The van der Waals surface area contributed by atoms with E-state index in [1.54, 1.807) is 24.7 Å². The van der Waals surface area contributed by atoms with Crippen LogP contribution in [0.15, 0.2) is 72.1 Å². The molecular formula is C20H24N4O2S. The molecule has 27 heavy (non-hydrogen) atoms. The summed E-state index contributed by atoms with van der Waals surface area (Å²) in [5.41, 5.74) is 3.29. The minimum absolute atomic E-state index is 0.106. The number of nitrogens with one attached hydrogen (secondary N) is 1. The maximum atomic E-state index is 12.1. The average molecular weight is 385 g/mol. The van der Waals surface area contributed by atoms with Gasteiger partial charge in [-0.3, -0.25) is 0 Å². The van der Waals surface area contributed by atoms with Gasteiger partial charge in [0.05, 0.1) is 11.2 Å². The molecule has 0 radical (unpaired) electrons. The lowest BCUT2D eigenvalue weighted by Gasteiger charge is -2.16. The van der Waals surface area contributed by atoms with Gasteiger partial charge in [0.2, 0.25) is 10.0 Å². The van der Waals surface area contributed by atoms with Crippen molar-refractivity contribution in [3.05, 3.63) is 78.4 Å². The Morgan fingerprint density at radius 2 is 1.74 bits per heavy atom. The van der Waals surface area contributed by atoms with Crippen LogP contribution in [-0.4, -0.2) is 36.4 Å². The molecule has 3 aromatic rings. The Morgan fingerprint density at radius 3 is 2.30 bits per heavy atom. The Balaban J connectivity index is 1.61. The maximum absolute atomic E-state index is 12.1. The van der Waals surface area contributed by atoms with E-state index in [1.165, 1.54) is 24.0 Å². The number of aromatic nitrogens is 2. The van der Waals surface area contributed by atoms with Gasteiger partial charge in [0.25, 0.3) is 0 Å². The molecule has 0 fully saturated rings. The molecule has 0 saturated heterocycles. The van der Waals surface area contributed by atoms with Gasteiger partial charge in [-0.15, -0.1) is 0 Å². The molecule has 1 N–H and O–H groups in total. The zero-order valence-corrected chi connectivity index (χ0v) is 16.5. The molecule has 1 atom stereocenters. The Hall–Kier alpha value is -2.48. The number of benzene rings is 2. The molecule has 7 heteroatoms. The second-order valence-corrected chi connectivity index (χ2v) is 8.75. The quantitative estimate of drug-likeness (QED) is 0.680. The number of hydrogen-bond acceptors (Lipinski definition) is 4. The first-order chi connectivity index (χ1) is 12.9. The van der Waals surface area contributed by atoms with Crippen molar-refractivity contribution in [1.29, 1.82) is 0 Å². The van der Waals surface area contributed by atoms with Crippen LogP contribution < -0.4 is 5.32 Å². The zero-order chi connectivity index (χ0) is 19.4. The second-order valence-electron chi connectivity index (χ2n) is 6.60. The normalized spacial score (nSPS) is 13.0. The number of sulfonamides is 1. The predicted octanol–water partition coefficient (Wildman–Crippen LogP) is 2.97. The third-order valence-electron chi connectivity index (χ3n) is 4.51. The van der Waals surface area contributed by atoms with Crippen LogP contribution in [0.2, 0.25) is 0 Å². The van der Waals surface area contributed by atoms with Gasteiger partial charge in [0.15, 0.2) is 0 Å². The van der Waals surface area contributed by atoms with Crippen molar-refractivity contribution in [2.24, 2.45) is 0 Å². The van der Waals surface area contributed by atoms with Crippen molar-refractivity contribution in [1.82, 2.24) is 19.2 Å². The van der Waals surface area contributed by atoms with E-state index in [-0.39, 0.29) is 6.04 Å². The van der Waals surface area contributed by atoms with Gasteiger partial charge in [0.1, 0.15) is 0 Å². The van der Waals surface area contributed by atoms with Crippen LogP contribution in [-0.2, 0) is 16.6 Å². The summed E-state index contributed by atoms with van der Waals surface area (Å²) in [5, 5.41) is 3.47. The predicted molar refractivity (Wildman–Crippen MR) is 106 cm³/mol. The highest BCUT2D eigenvalue weighted by Crippen LogP contribution is 2.19. The minimum atomic E-state index is -3.39. The van der Waals surface area contributed by atoms with E-state index in [0.717, 1.165) is 17.8 Å². The summed E-state index contributed by atoms with van der Waals surface area (Å²) in [6, 6.07) is 15.4. The van der Waals surface area contributed by atoms with E-state index in [0.29, 0.717) is 4.90 Å². The van der Waals surface area contributed by atoms with Crippen molar-refractivity contribution < 1.29 is 8.42 Å². The monoisotopic (exact) mass is 384 g/mol. The summed E-state index contributed by atoms with van der Waals surface area (Å²) in [6.07, 6.45) is 5.44. The molecule has 6 nitrogen and oxygen atoms in total. The molecule has 1 heterocycles. The molecule has 0 saturated carbocycles. The van der Waals surface area contributed by atoms with Gasteiger partial charge < -0.3 is 9.88 Å². The lowest BCUT2D eigenvalue weighted by Crippen LogP contribution is -2.22. The molecule has 0 aliphatic heterocycles. The standard InChI is InChI=1S/C20H24N4O2S/c1-16(18-6-10-20(11-7-18)27(25,26)23(2)3)22-14-17-4-8-19(9-5-17)24-13-12-21-15-24/h4-13,15-16,22H,14H2,1-3H3. The lowest BCUT2D eigenvalue weighted by atomic mass is 10.1. The molecule has 1 unspecified atom stereocenters. The van der Waals surface area contributed by atoms with Gasteiger partial charge >= 0.3 is 0 Å². The molecule has 142 valence electrons. The van der Waals surface area contributed by atoms with Gasteiger partial charge in [-0.25, -0.2) is 17.7 Å². The fraction of sp³-hybridized carbons (Fsp3) is 0.250. The Bertz CT molecular complexity index is 964. The molecule has 0 amide bonds. The topological polar surface area (TPSA) is 67.2 Å². The van der Waals surface area contributed by atoms with Crippen LogP contribution in [0.4, 0.5) is 0 Å². The van der Waals surface area contributed by atoms with Crippen LogP contribution in [0, 0.1) is 0 Å². The summed E-state index contributed by atoms with van der Waals surface area (Å²) >= 11 is 0. The molecule has 0 aliphatic carbocycles. The third-order valence-corrected chi connectivity index (χ3v) is 6.34. The maximum Gasteiger partial charge on any atom is 0.242 e. The van der Waals surface area contributed by atoms with Crippen LogP contribution in [0.1, 0.15) is 24.1 Å². The van der Waals surface area contributed by atoms with E-state index in [9.17, 15) is 8.42 Å². The van der Waals surface area contributed by atoms with E-state index >= 15 is 0 Å². The summed E-state index contributed by atoms with van der Waals surface area (Å²) in [4.78, 5) is 4.36. The van der Waals surface area contributed by atoms with Gasteiger partial charge in [-0.05, 0) is 42.3 Å². The minimum Gasteiger partial charge on any atom is -0.306 e. The number of hydrogen-bond donors (Lipinski definition) is 1. The number of rotatable bonds is 7. The molecule has 3 rings (SSSR count). The Labute approximate surface area is 160 Å². The number of nitrogens with zero attached hydrogens (tertiary/aromatic N) is 3. The first-order valence-electron chi connectivity index (χ1n) is 8.71. The van der Waals surface area contributed by atoms with E-state index in [2.05, 4.69) is 41.5 Å². The van der Waals surface area contributed by atoms with Crippen LogP contribution in [0.3, 0.4) is 0 Å². The molecular weight excluding hydrogens is 360 g/mol. The highest BCUT2D eigenvalue weighted by atomic mass is 32.2. The second kappa shape index (κ2) is 8.04. The van der Waals surface area contributed by atoms with Gasteiger partial charge in [-0.1, -0.05) is 24.3 Å². The SMILES string of the molecule is CC(NCc1ccc(-n2ccnc2)cc1)c1ccc(S(=O)(=O)N(C)C)cc1. The van der Waals surface area contributed by atoms with Crippen molar-refractivity contribution >= 4 is 10.0 Å². The van der Waals surface area contributed by atoms with Crippen molar-refractivity contribution in [2.45, 2.75) is 24.4 Å². The largest absolute Gasteiger partial charge is 0.306 e. The van der Waals surface area contributed by atoms with E-state index < -0.39 is 10.0 Å². The van der Waals surface area contributed by atoms with Gasteiger partial charge in [0, 0.05) is 44.8 Å². The third kappa shape index (κ3) is 4.44. The average Bonchev–Trinajstić information content (AvgIpc) is 3.21. The van der Waals surface area contributed by atoms with E-state index in [1.807, 2.05) is 22.9 Å². The van der Waals surface area contributed by atoms with Crippen molar-refractivity contribution in [2.75, 3.05) is 14.1 Å². The fourth-order valence-corrected chi connectivity index (χ4v) is 3.63. The number of imidazole rings is 1. The lowest BCUT2D eigenvalue weighted by molar-refractivity contribution is 0.520. The molecule has 0 spiro atoms. The zero-order valence-electron chi connectivity index (χ0n) is 15.7. The van der Waals surface area contributed by atoms with E-state index in [4.69, 9.17) is 0 Å². The summed E-state index contributed by atoms with van der Waals surface area (Å²) in [5.74, 6) is 0.